The highest BCUT2D eigenvalue weighted by molar-refractivity contribution is 5.95. The van der Waals surface area contributed by atoms with Gasteiger partial charge in [0.1, 0.15) is 17.3 Å². The van der Waals surface area contributed by atoms with E-state index < -0.39 is 0 Å². The number of H-pyrrole nitrogens is 2. The molecule has 2 N–H and O–H groups in total. The minimum absolute atomic E-state index is 0.171. The van der Waals surface area contributed by atoms with Gasteiger partial charge in [0.05, 0.1) is 17.6 Å². The molecule has 0 radical (unpaired) electrons. The number of rotatable bonds is 2. The zero-order valence-corrected chi connectivity index (χ0v) is 15.8. The number of carbonyl (C=O) groups excluding carboxylic acids is 1. The topological polar surface area (TPSA) is 111 Å². The Morgan fingerprint density at radius 1 is 1.19 bits per heavy atom. The van der Waals surface area contributed by atoms with Gasteiger partial charge in [0, 0.05) is 26.2 Å². The van der Waals surface area contributed by atoms with Crippen LogP contribution in [0.5, 0.6) is 0 Å². The van der Waals surface area contributed by atoms with Crippen molar-refractivity contribution >= 4 is 22.8 Å². The van der Waals surface area contributed by atoms with Crippen LogP contribution < -0.4 is 10.5 Å². The van der Waals surface area contributed by atoms with Crippen LogP contribution in [0.25, 0.3) is 11.0 Å². The van der Waals surface area contributed by atoms with E-state index in [4.69, 9.17) is 0 Å². The van der Waals surface area contributed by atoms with Gasteiger partial charge < -0.3 is 9.80 Å². The van der Waals surface area contributed by atoms with Gasteiger partial charge in [-0.25, -0.2) is 15.0 Å². The molecule has 4 heterocycles. The number of nitrogens with zero attached hydrogens (tertiary/aromatic N) is 5. The number of nitrogens with one attached hydrogen (secondary N) is 2. The van der Waals surface area contributed by atoms with Crippen LogP contribution in [-0.4, -0.2) is 56.6 Å². The lowest BCUT2D eigenvalue weighted by Gasteiger charge is -2.30. The van der Waals surface area contributed by atoms with Crippen molar-refractivity contribution in [2.75, 3.05) is 25.5 Å². The van der Waals surface area contributed by atoms with Gasteiger partial charge in [-0.05, 0) is 31.9 Å². The van der Waals surface area contributed by atoms with E-state index in [-0.39, 0.29) is 11.5 Å². The Balaban J connectivity index is 1.68. The van der Waals surface area contributed by atoms with Gasteiger partial charge in [-0.1, -0.05) is 0 Å². The quantitative estimate of drug-likeness (QED) is 0.697. The van der Waals surface area contributed by atoms with E-state index in [1.165, 1.54) is 0 Å². The zero-order chi connectivity index (χ0) is 19.3. The van der Waals surface area contributed by atoms with E-state index in [2.05, 4.69) is 25.1 Å². The number of pyridine rings is 1. The molecule has 0 saturated carbocycles. The molecule has 3 aromatic heterocycles. The summed E-state index contributed by atoms with van der Waals surface area (Å²) in [5, 5.41) is 5.72. The molecule has 0 atom stereocenters. The molecule has 0 unspecified atom stereocenters. The van der Waals surface area contributed by atoms with E-state index >= 15 is 0 Å². The molecule has 9 nitrogen and oxygen atoms in total. The standard InChI is InChI=1S/C18H21N7O2/c1-9-7-12(21-15-14(9)17(26)23-22-15)18(27)25-6-5-11-13(8-25)19-10(2)20-16(11)24(3)4/h7H,5-6,8H2,1-4H3,(H2,21,22,23,26). The summed E-state index contributed by atoms with van der Waals surface area (Å²) >= 11 is 0. The molecule has 0 aromatic carbocycles. The first-order chi connectivity index (χ1) is 12.8. The maximum atomic E-state index is 13.0. The van der Waals surface area contributed by atoms with Crippen molar-refractivity contribution in [1.82, 2.24) is 30.0 Å². The van der Waals surface area contributed by atoms with Crippen molar-refractivity contribution in [3.63, 3.8) is 0 Å². The maximum absolute atomic E-state index is 13.0. The van der Waals surface area contributed by atoms with Crippen molar-refractivity contribution < 1.29 is 4.79 Å². The molecule has 0 bridgehead atoms. The minimum Gasteiger partial charge on any atom is -0.362 e. The van der Waals surface area contributed by atoms with E-state index in [1.807, 2.05) is 25.9 Å². The molecule has 1 amide bonds. The van der Waals surface area contributed by atoms with Gasteiger partial charge in [-0.3, -0.25) is 19.8 Å². The Hall–Kier alpha value is -3.23. The number of aromatic nitrogens is 5. The van der Waals surface area contributed by atoms with Gasteiger partial charge in [-0.15, -0.1) is 0 Å². The van der Waals surface area contributed by atoms with Crippen LogP contribution in [0.2, 0.25) is 0 Å². The van der Waals surface area contributed by atoms with Gasteiger partial charge in [0.2, 0.25) is 0 Å². The summed E-state index contributed by atoms with van der Waals surface area (Å²) in [6.45, 7) is 4.65. The third kappa shape index (κ3) is 2.84. The van der Waals surface area contributed by atoms with Gasteiger partial charge in [0.15, 0.2) is 5.65 Å². The average molecular weight is 367 g/mol. The maximum Gasteiger partial charge on any atom is 0.273 e. The second kappa shape index (κ2) is 6.19. The lowest BCUT2D eigenvalue weighted by atomic mass is 10.0. The average Bonchev–Trinajstić information content (AvgIpc) is 3.01. The molecule has 1 aliphatic rings. The third-order valence-electron chi connectivity index (χ3n) is 4.82. The second-order valence-electron chi connectivity index (χ2n) is 7.02. The highest BCUT2D eigenvalue weighted by Gasteiger charge is 2.27. The van der Waals surface area contributed by atoms with Crippen molar-refractivity contribution in [1.29, 1.82) is 0 Å². The van der Waals surface area contributed by atoms with Crippen molar-refractivity contribution in [2.45, 2.75) is 26.8 Å². The first-order valence-corrected chi connectivity index (χ1v) is 8.76. The molecule has 0 spiro atoms. The summed E-state index contributed by atoms with van der Waals surface area (Å²) in [7, 11) is 3.91. The number of hydrogen-bond acceptors (Lipinski definition) is 6. The first-order valence-electron chi connectivity index (χ1n) is 8.76. The predicted molar refractivity (Wildman–Crippen MR) is 101 cm³/mol. The second-order valence-corrected chi connectivity index (χ2v) is 7.02. The molecule has 0 saturated heterocycles. The van der Waals surface area contributed by atoms with Crippen molar-refractivity contribution in [2.24, 2.45) is 0 Å². The largest absolute Gasteiger partial charge is 0.362 e. The summed E-state index contributed by atoms with van der Waals surface area (Å²) in [6, 6.07) is 1.67. The Kier molecular flexibility index (Phi) is 3.94. The molecule has 1 aliphatic heterocycles. The Bertz CT molecular complexity index is 1110. The van der Waals surface area contributed by atoms with E-state index in [0.717, 1.165) is 22.6 Å². The predicted octanol–water partition coefficient (Wildman–Crippen LogP) is 0.923. The number of fused-ring (bicyclic) bond motifs is 2. The number of aryl methyl sites for hydroxylation is 2. The smallest absolute Gasteiger partial charge is 0.273 e. The Morgan fingerprint density at radius 3 is 2.70 bits per heavy atom. The van der Waals surface area contributed by atoms with Crippen LogP contribution in [0.3, 0.4) is 0 Å². The number of amides is 1. The summed E-state index contributed by atoms with van der Waals surface area (Å²) < 4.78 is 0. The molecular weight excluding hydrogens is 346 g/mol. The fourth-order valence-electron chi connectivity index (χ4n) is 3.57. The van der Waals surface area contributed by atoms with E-state index in [1.54, 1.807) is 17.9 Å². The Morgan fingerprint density at radius 2 is 1.96 bits per heavy atom. The molecule has 0 fully saturated rings. The van der Waals surface area contributed by atoms with Gasteiger partial charge in [-0.2, -0.15) is 0 Å². The molecular formula is C18H21N7O2. The monoisotopic (exact) mass is 367 g/mol. The SMILES string of the molecule is Cc1nc2c(c(N(C)C)n1)CCN(C(=O)c1cc(C)c3c(=O)[nH][nH]c3n1)C2. The number of hydrogen-bond donors (Lipinski definition) is 2. The van der Waals surface area contributed by atoms with Crippen LogP contribution in [0, 0.1) is 13.8 Å². The fraction of sp³-hybridized carbons (Fsp3) is 0.389. The molecule has 27 heavy (non-hydrogen) atoms. The minimum atomic E-state index is -0.232. The number of aromatic amines is 2. The summed E-state index contributed by atoms with van der Waals surface area (Å²) in [5.74, 6) is 1.42. The summed E-state index contributed by atoms with van der Waals surface area (Å²) in [6.07, 6.45) is 0.692. The highest BCUT2D eigenvalue weighted by Crippen LogP contribution is 2.26. The number of carbonyl (C=O) groups is 1. The molecule has 3 aromatic rings. The molecule has 4 rings (SSSR count). The zero-order valence-electron chi connectivity index (χ0n) is 15.8. The lowest BCUT2D eigenvalue weighted by molar-refractivity contribution is 0.0726. The Labute approximate surface area is 155 Å². The van der Waals surface area contributed by atoms with Crippen LogP contribution in [-0.2, 0) is 13.0 Å². The molecule has 140 valence electrons. The normalized spacial score (nSPS) is 13.7. The third-order valence-corrected chi connectivity index (χ3v) is 4.82. The van der Waals surface area contributed by atoms with Crippen LogP contribution in [0.4, 0.5) is 5.82 Å². The van der Waals surface area contributed by atoms with Crippen LogP contribution >= 0.6 is 0 Å². The van der Waals surface area contributed by atoms with Crippen LogP contribution in [0.1, 0.15) is 33.1 Å². The van der Waals surface area contributed by atoms with E-state index in [0.29, 0.717) is 42.1 Å². The summed E-state index contributed by atoms with van der Waals surface area (Å²) in [5.41, 5.74) is 3.16. The molecule has 9 heteroatoms. The highest BCUT2D eigenvalue weighted by atomic mass is 16.2. The van der Waals surface area contributed by atoms with Crippen molar-refractivity contribution in [3.05, 3.63) is 44.8 Å². The van der Waals surface area contributed by atoms with Crippen molar-refractivity contribution in [3.8, 4) is 0 Å². The van der Waals surface area contributed by atoms with E-state index in [9.17, 15) is 9.59 Å². The lowest BCUT2D eigenvalue weighted by Crippen LogP contribution is -2.38. The van der Waals surface area contributed by atoms with Gasteiger partial charge >= 0.3 is 0 Å². The fourth-order valence-corrected chi connectivity index (χ4v) is 3.57. The number of anilines is 1. The van der Waals surface area contributed by atoms with Crippen LogP contribution in [0.15, 0.2) is 10.9 Å². The summed E-state index contributed by atoms with van der Waals surface area (Å²) in [4.78, 5) is 41.9. The first kappa shape index (κ1) is 17.2. The van der Waals surface area contributed by atoms with Gasteiger partial charge in [0.25, 0.3) is 11.5 Å². The molecule has 0 aliphatic carbocycles.